The van der Waals surface area contributed by atoms with Crippen LogP contribution in [0.5, 0.6) is 0 Å². The average molecular weight is 821 g/mol. The molecule has 0 spiro atoms. The number of carbonyl (C=O) groups excluding carboxylic acids is 1. The number of nitrogens with zero attached hydrogens (tertiary/aromatic N) is 5. The molecule has 2 aliphatic carbocycles. The maximum absolute atomic E-state index is 12.5. The number of amidine groups is 1. The summed E-state index contributed by atoms with van der Waals surface area (Å²) in [5.74, 6) is 5.34. The Morgan fingerprint density at radius 2 is 1.69 bits per heavy atom. The Bertz CT molecular complexity index is 1450. The van der Waals surface area contributed by atoms with Gasteiger partial charge in [0.25, 0.3) is 0 Å². The minimum atomic E-state index is 0.0876. The summed E-state index contributed by atoms with van der Waals surface area (Å²) in [7, 11) is 3.96. The monoisotopic (exact) mass is 820 g/mol. The average Bonchev–Trinajstić information content (AvgIpc) is 3.29. The number of hydrazone groups is 1. The molecule has 0 aromatic heterocycles. The Balaban J connectivity index is 0.000000841. The molecule has 4 aliphatic rings. The van der Waals surface area contributed by atoms with E-state index in [9.17, 15) is 4.79 Å². The molecule has 1 saturated carbocycles. The molecule has 2 aliphatic heterocycles. The van der Waals surface area contributed by atoms with Crippen LogP contribution in [-0.4, -0.2) is 54.1 Å². The van der Waals surface area contributed by atoms with Crippen molar-refractivity contribution in [2.24, 2.45) is 44.7 Å². The third-order valence-corrected chi connectivity index (χ3v) is 9.99. The molecule has 1 fully saturated rings. The molecule has 308 valence electrons. The van der Waals surface area contributed by atoms with E-state index in [1.54, 1.807) is 18.4 Å². The molecule has 55 heavy (non-hydrogen) atoms. The SMILES string of the molecule is C=C(Br)/C=C\C(=C)C(=O)CC(CC)C1CN(C2=CC=CCC=C2)N=C1C.CC.CC.CC(C)CC1CCCC(C)CC1.CC1=N/C(N(C)C)=C(C)/C=C\C=N\1. The van der Waals surface area contributed by atoms with E-state index in [-0.39, 0.29) is 17.6 Å². The van der Waals surface area contributed by atoms with Crippen molar-refractivity contribution in [3.63, 3.8) is 0 Å². The van der Waals surface area contributed by atoms with Gasteiger partial charge in [0.05, 0.1) is 5.70 Å². The third kappa shape index (κ3) is 21.5. The second-order valence-corrected chi connectivity index (χ2v) is 16.0. The summed E-state index contributed by atoms with van der Waals surface area (Å²) in [5, 5.41) is 6.81. The van der Waals surface area contributed by atoms with Crippen LogP contribution in [0.15, 0.2) is 110 Å². The fourth-order valence-corrected chi connectivity index (χ4v) is 6.98. The normalized spacial score (nSPS) is 24.4. The smallest absolute Gasteiger partial charge is 0.162 e. The van der Waals surface area contributed by atoms with Crippen molar-refractivity contribution >= 4 is 39.5 Å². The minimum absolute atomic E-state index is 0.0876. The predicted octanol–water partition coefficient (Wildman–Crippen LogP) is 13.8. The van der Waals surface area contributed by atoms with Gasteiger partial charge in [-0.1, -0.05) is 153 Å². The van der Waals surface area contributed by atoms with Crippen LogP contribution < -0.4 is 0 Å². The summed E-state index contributed by atoms with van der Waals surface area (Å²) in [6.07, 6.45) is 31.0. The molecule has 4 rings (SSSR count). The van der Waals surface area contributed by atoms with Gasteiger partial charge in [0.15, 0.2) is 5.78 Å². The quantitative estimate of drug-likeness (QED) is 0.118. The predicted molar refractivity (Wildman–Crippen MR) is 249 cm³/mol. The lowest BCUT2D eigenvalue weighted by atomic mass is 9.82. The fourth-order valence-electron chi connectivity index (χ4n) is 6.84. The van der Waals surface area contributed by atoms with Crippen molar-refractivity contribution in [1.82, 2.24) is 9.91 Å². The van der Waals surface area contributed by atoms with E-state index < -0.39 is 0 Å². The Morgan fingerprint density at radius 1 is 1.00 bits per heavy atom. The summed E-state index contributed by atoms with van der Waals surface area (Å²) in [6, 6.07) is 0. The van der Waals surface area contributed by atoms with E-state index in [0.29, 0.717) is 12.0 Å². The first-order valence-electron chi connectivity index (χ1n) is 21.0. The Hall–Kier alpha value is -3.32. The minimum Gasteiger partial charge on any atom is -0.362 e. The molecule has 0 aromatic rings. The number of rotatable bonds is 11. The zero-order chi connectivity index (χ0) is 41.9. The number of Topliss-reactive ketones (excluding diaryl/α,β-unsaturated/α-hetero) is 1. The van der Waals surface area contributed by atoms with E-state index in [0.717, 1.165) is 70.3 Å². The highest BCUT2D eigenvalue weighted by atomic mass is 79.9. The molecule has 0 amide bonds. The standard InChI is InChI=1S/C22H27BrN2O.C12H24.C10H15N3.2C2H6/c1-5-19(14-22(26)16(2)12-13-17(3)23)21-15-25(24-18(21)4)20-10-8-6-7-9-11-20;1-10(2)9-12-6-4-5-11(3)7-8-12;1-8-6-5-7-11-9(2)12-10(8)13(3)4;2*1-2/h6,8-13,19,21H,2-3,5,7,14-15H2,1,4H3;10-12H,4-9H2,1-3H3;5-7H,1-4H3;2*1-2H3/b13-12-;;6-5-,7-5?,8-6?,10-8-,11-7+,11-9?,12-9-,12-10?;;. The van der Waals surface area contributed by atoms with Crippen molar-refractivity contribution in [3.8, 4) is 0 Å². The molecule has 7 heteroatoms. The van der Waals surface area contributed by atoms with Crippen LogP contribution in [-0.2, 0) is 4.79 Å². The van der Waals surface area contributed by atoms with E-state index >= 15 is 0 Å². The van der Waals surface area contributed by atoms with Gasteiger partial charge in [0.1, 0.15) is 11.7 Å². The first-order chi connectivity index (χ1) is 26.2. The van der Waals surface area contributed by atoms with Gasteiger partial charge in [-0.15, -0.1) is 0 Å². The Kier molecular flexibility index (Phi) is 28.1. The van der Waals surface area contributed by atoms with Crippen molar-refractivity contribution in [1.29, 1.82) is 0 Å². The summed E-state index contributed by atoms with van der Waals surface area (Å²) < 4.78 is 0.728. The number of ketones is 1. The Labute approximate surface area is 347 Å². The van der Waals surface area contributed by atoms with E-state index in [1.807, 2.05) is 72.7 Å². The van der Waals surface area contributed by atoms with Crippen LogP contribution >= 0.6 is 15.9 Å². The number of aliphatic imine (C=N–C) groups is 2. The molecule has 0 radical (unpaired) electrons. The van der Waals surface area contributed by atoms with Crippen LogP contribution in [0.25, 0.3) is 0 Å². The van der Waals surface area contributed by atoms with Crippen LogP contribution in [0.2, 0.25) is 0 Å². The largest absolute Gasteiger partial charge is 0.362 e. The zero-order valence-electron chi connectivity index (χ0n) is 37.2. The second kappa shape index (κ2) is 29.9. The maximum atomic E-state index is 12.5. The van der Waals surface area contributed by atoms with Crippen LogP contribution in [0.3, 0.4) is 0 Å². The van der Waals surface area contributed by atoms with Crippen molar-refractivity contribution < 1.29 is 4.79 Å². The summed E-state index contributed by atoms with van der Waals surface area (Å²) in [6.45, 7) is 31.7. The van der Waals surface area contributed by atoms with Gasteiger partial charge in [-0.2, -0.15) is 5.10 Å². The molecular weight excluding hydrogens is 742 g/mol. The summed E-state index contributed by atoms with van der Waals surface area (Å²) in [5.41, 5.74) is 3.87. The zero-order valence-corrected chi connectivity index (χ0v) is 38.8. The summed E-state index contributed by atoms with van der Waals surface area (Å²) >= 11 is 3.26. The lowest BCUT2D eigenvalue weighted by Crippen LogP contribution is -2.27. The first-order valence-corrected chi connectivity index (χ1v) is 21.8. The summed E-state index contributed by atoms with van der Waals surface area (Å²) in [4.78, 5) is 23.0. The number of allylic oxidation sites excluding steroid dienone is 12. The van der Waals surface area contributed by atoms with Crippen molar-refractivity contribution in [2.45, 2.75) is 134 Å². The molecule has 0 aromatic carbocycles. The third-order valence-electron chi connectivity index (χ3n) is 9.73. The van der Waals surface area contributed by atoms with Gasteiger partial charge >= 0.3 is 0 Å². The number of hydrogen-bond donors (Lipinski definition) is 0. The maximum Gasteiger partial charge on any atom is 0.162 e. The molecule has 2 heterocycles. The number of carbonyl (C=O) groups is 1. The molecule has 4 atom stereocenters. The molecule has 0 saturated heterocycles. The van der Waals surface area contributed by atoms with Crippen molar-refractivity contribution in [3.05, 3.63) is 95.0 Å². The molecule has 6 nitrogen and oxygen atoms in total. The highest BCUT2D eigenvalue weighted by Crippen LogP contribution is 2.32. The molecule has 4 unspecified atom stereocenters. The Morgan fingerprint density at radius 3 is 2.31 bits per heavy atom. The van der Waals surface area contributed by atoms with Crippen molar-refractivity contribution in [2.75, 3.05) is 20.6 Å². The van der Waals surface area contributed by atoms with E-state index in [1.165, 1.54) is 38.5 Å². The van der Waals surface area contributed by atoms with Gasteiger partial charge in [0.2, 0.25) is 0 Å². The number of halogens is 1. The highest BCUT2D eigenvalue weighted by Gasteiger charge is 2.32. The van der Waals surface area contributed by atoms with Gasteiger partial charge in [-0.3, -0.25) is 9.80 Å². The van der Waals surface area contributed by atoms with Gasteiger partial charge < -0.3 is 4.90 Å². The van der Waals surface area contributed by atoms with Crippen LogP contribution in [0.1, 0.15) is 134 Å². The van der Waals surface area contributed by atoms with E-state index in [2.05, 4.69) is 109 Å². The van der Waals surface area contributed by atoms with Crippen LogP contribution in [0, 0.1) is 29.6 Å². The molecule has 0 N–H and O–H groups in total. The molecular formula is C48H78BrN5O. The second-order valence-electron chi connectivity index (χ2n) is 15.0. The lowest BCUT2D eigenvalue weighted by molar-refractivity contribution is -0.116. The van der Waals surface area contributed by atoms with E-state index in [4.69, 9.17) is 5.10 Å². The highest BCUT2D eigenvalue weighted by molar-refractivity contribution is 9.11. The van der Waals surface area contributed by atoms with Crippen LogP contribution in [0.4, 0.5) is 0 Å². The lowest BCUT2D eigenvalue weighted by Gasteiger charge is -2.23. The van der Waals surface area contributed by atoms with Gasteiger partial charge in [0, 0.05) is 55.0 Å². The first kappa shape index (κ1) is 51.7. The topological polar surface area (TPSA) is 60.6 Å². The van der Waals surface area contributed by atoms with Gasteiger partial charge in [-0.05, 0) is 87.2 Å². The fraction of sp³-hybridized carbons (Fsp3) is 0.583. The number of hydrogen-bond acceptors (Lipinski definition) is 6. The van der Waals surface area contributed by atoms with Gasteiger partial charge in [-0.25, -0.2) is 9.98 Å². The molecule has 0 bridgehead atoms.